The van der Waals surface area contributed by atoms with Gasteiger partial charge in [-0.25, -0.2) is 0 Å². The quantitative estimate of drug-likeness (QED) is 0.795. The Morgan fingerprint density at radius 1 is 1.29 bits per heavy atom. The van der Waals surface area contributed by atoms with Crippen LogP contribution in [0.3, 0.4) is 0 Å². The maximum absolute atomic E-state index is 6.25. The molecule has 0 aromatic heterocycles. The molecule has 0 bridgehead atoms. The molecule has 1 aromatic carbocycles. The summed E-state index contributed by atoms with van der Waals surface area (Å²) in [5.74, 6) is 0.950. The van der Waals surface area contributed by atoms with E-state index in [4.69, 9.17) is 16.3 Å². The third-order valence-corrected chi connectivity index (χ3v) is 4.02. The molecule has 3 rings (SSSR count). The summed E-state index contributed by atoms with van der Waals surface area (Å²) in [5.41, 5.74) is 2.37. The molecule has 1 unspecified atom stereocenters. The molecule has 0 N–H and O–H groups in total. The van der Waals surface area contributed by atoms with Gasteiger partial charge in [-0.2, -0.15) is 0 Å². The normalized spacial score (nSPS) is 23.1. The summed E-state index contributed by atoms with van der Waals surface area (Å²) in [4.78, 5) is 2.50. The second kappa shape index (κ2) is 4.35. The van der Waals surface area contributed by atoms with Crippen LogP contribution in [-0.4, -0.2) is 25.1 Å². The van der Waals surface area contributed by atoms with Gasteiger partial charge in [-0.05, 0) is 38.1 Å². The van der Waals surface area contributed by atoms with E-state index in [-0.39, 0.29) is 0 Å². The molecule has 0 amide bonds. The van der Waals surface area contributed by atoms with Gasteiger partial charge in [0, 0.05) is 16.1 Å². The molecule has 17 heavy (non-hydrogen) atoms. The second-order valence-corrected chi connectivity index (χ2v) is 5.03. The molecule has 1 aliphatic carbocycles. The number of fused-ring (bicyclic) bond motifs is 1. The predicted octanol–water partition coefficient (Wildman–Crippen LogP) is 3.51. The first-order chi connectivity index (χ1) is 8.31. The van der Waals surface area contributed by atoms with E-state index in [2.05, 4.69) is 17.1 Å². The van der Waals surface area contributed by atoms with E-state index < -0.39 is 0 Å². The molecule has 2 nitrogen and oxygen atoms in total. The van der Waals surface area contributed by atoms with Crippen molar-refractivity contribution in [3.63, 3.8) is 0 Å². The van der Waals surface area contributed by atoms with Crippen molar-refractivity contribution in [1.29, 1.82) is 0 Å². The molecule has 90 valence electrons. The molecule has 3 heteroatoms. The number of methoxy groups -OCH3 is 1. The topological polar surface area (TPSA) is 12.5 Å². The molecular weight excluding hydrogens is 234 g/mol. The molecular formula is C14H16ClNO. The van der Waals surface area contributed by atoms with E-state index in [1.807, 2.05) is 12.1 Å². The Labute approximate surface area is 107 Å². The van der Waals surface area contributed by atoms with Gasteiger partial charge in [-0.15, -0.1) is 0 Å². The summed E-state index contributed by atoms with van der Waals surface area (Å²) >= 11 is 6.25. The summed E-state index contributed by atoms with van der Waals surface area (Å²) in [6, 6.07) is 4.23. The fourth-order valence-electron chi connectivity index (χ4n) is 2.85. The number of hydrogen-bond acceptors (Lipinski definition) is 2. The first kappa shape index (κ1) is 11.1. The van der Waals surface area contributed by atoms with Crippen molar-refractivity contribution in [2.24, 2.45) is 0 Å². The van der Waals surface area contributed by atoms with Crippen molar-refractivity contribution in [2.75, 3.05) is 20.2 Å². The fourth-order valence-corrected chi connectivity index (χ4v) is 3.08. The Hall–Kier alpha value is -0.990. The van der Waals surface area contributed by atoms with Gasteiger partial charge in [0.15, 0.2) is 0 Å². The smallest absolute Gasteiger partial charge is 0.124 e. The van der Waals surface area contributed by atoms with E-state index >= 15 is 0 Å². The highest BCUT2D eigenvalue weighted by molar-refractivity contribution is 6.32. The molecule has 2 aliphatic rings. The highest BCUT2D eigenvalue weighted by Crippen LogP contribution is 2.43. The van der Waals surface area contributed by atoms with Crippen molar-refractivity contribution in [1.82, 2.24) is 4.90 Å². The number of rotatable bonds is 2. The van der Waals surface area contributed by atoms with Crippen LogP contribution in [0.25, 0.3) is 6.08 Å². The Kier molecular flexibility index (Phi) is 2.85. The van der Waals surface area contributed by atoms with Crippen LogP contribution in [0.15, 0.2) is 18.2 Å². The summed E-state index contributed by atoms with van der Waals surface area (Å²) in [6.07, 6.45) is 6.96. The van der Waals surface area contributed by atoms with Crippen LogP contribution in [0.2, 0.25) is 5.02 Å². The molecule has 1 atom stereocenters. The van der Waals surface area contributed by atoms with Gasteiger partial charge in [0.25, 0.3) is 0 Å². The number of likely N-dealkylation sites (tertiary alicyclic amines) is 1. The number of ether oxygens (including phenoxy) is 1. The molecule has 1 fully saturated rings. The van der Waals surface area contributed by atoms with Gasteiger partial charge >= 0.3 is 0 Å². The van der Waals surface area contributed by atoms with Crippen LogP contribution < -0.4 is 4.74 Å². The largest absolute Gasteiger partial charge is 0.496 e. The van der Waals surface area contributed by atoms with Crippen molar-refractivity contribution >= 4 is 17.7 Å². The standard InChI is InChI=1S/C14H16ClNO/c1-17-13-7-5-11(15)10-4-6-12(14(10)13)16-8-2-3-9-16/h4-7,12H,2-3,8-9H2,1H3. The Morgan fingerprint density at radius 2 is 2.06 bits per heavy atom. The van der Waals surface area contributed by atoms with Crippen LogP contribution in [0.5, 0.6) is 5.75 Å². The van der Waals surface area contributed by atoms with Crippen molar-refractivity contribution < 1.29 is 4.74 Å². The Balaban J connectivity index is 2.04. The lowest BCUT2D eigenvalue weighted by molar-refractivity contribution is 0.283. The van der Waals surface area contributed by atoms with Gasteiger partial charge in [0.1, 0.15) is 5.75 Å². The minimum absolute atomic E-state index is 0.348. The van der Waals surface area contributed by atoms with Crippen LogP contribution in [0.4, 0.5) is 0 Å². The zero-order valence-corrected chi connectivity index (χ0v) is 10.7. The van der Waals surface area contributed by atoms with Crippen LogP contribution >= 0.6 is 11.6 Å². The molecule has 0 radical (unpaired) electrons. The SMILES string of the molecule is COc1ccc(Cl)c2c1C(N1CCCC1)C=C2. The second-order valence-electron chi connectivity index (χ2n) is 4.62. The Morgan fingerprint density at radius 3 is 2.76 bits per heavy atom. The lowest BCUT2D eigenvalue weighted by atomic mass is 10.0. The summed E-state index contributed by atoms with van der Waals surface area (Å²) < 4.78 is 5.48. The summed E-state index contributed by atoms with van der Waals surface area (Å²) in [5, 5.41) is 0.818. The zero-order chi connectivity index (χ0) is 11.8. The molecule has 0 saturated carbocycles. The average molecular weight is 250 g/mol. The summed E-state index contributed by atoms with van der Waals surface area (Å²) in [6.45, 7) is 2.34. The molecule has 0 spiro atoms. The van der Waals surface area contributed by atoms with E-state index in [0.717, 1.165) is 16.3 Å². The van der Waals surface area contributed by atoms with E-state index in [9.17, 15) is 0 Å². The number of hydrogen-bond donors (Lipinski definition) is 0. The minimum Gasteiger partial charge on any atom is -0.496 e. The third-order valence-electron chi connectivity index (χ3n) is 3.69. The van der Waals surface area contributed by atoms with Gasteiger partial charge in [-0.1, -0.05) is 23.8 Å². The van der Waals surface area contributed by atoms with Crippen molar-refractivity contribution in [2.45, 2.75) is 18.9 Å². The average Bonchev–Trinajstić information content (AvgIpc) is 2.98. The lowest BCUT2D eigenvalue weighted by Gasteiger charge is -2.24. The third kappa shape index (κ3) is 1.76. The summed E-state index contributed by atoms with van der Waals surface area (Å²) in [7, 11) is 1.73. The number of benzene rings is 1. The van der Waals surface area contributed by atoms with Gasteiger partial charge in [0.05, 0.1) is 13.2 Å². The minimum atomic E-state index is 0.348. The fraction of sp³-hybridized carbons (Fsp3) is 0.429. The first-order valence-corrected chi connectivity index (χ1v) is 6.47. The van der Waals surface area contributed by atoms with Crippen molar-refractivity contribution in [3.8, 4) is 5.75 Å². The highest BCUT2D eigenvalue weighted by atomic mass is 35.5. The molecule has 1 saturated heterocycles. The zero-order valence-electron chi connectivity index (χ0n) is 9.95. The monoisotopic (exact) mass is 249 g/mol. The van der Waals surface area contributed by atoms with Crippen LogP contribution in [-0.2, 0) is 0 Å². The van der Waals surface area contributed by atoms with E-state index in [1.165, 1.54) is 31.5 Å². The number of halogens is 1. The lowest BCUT2D eigenvalue weighted by Crippen LogP contribution is -2.23. The highest BCUT2D eigenvalue weighted by Gasteiger charge is 2.29. The Bertz CT molecular complexity index is 464. The number of nitrogens with zero attached hydrogens (tertiary/aromatic N) is 1. The van der Waals surface area contributed by atoms with E-state index in [0.29, 0.717) is 6.04 Å². The van der Waals surface area contributed by atoms with Crippen LogP contribution in [0, 0.1) is 0 Å². The van der Waals surface area contributed by atoms with E-state index in [1.54, 1.807) is 7.11 Å². The van der Waals surface area contributed by atoms with Crippen molar-refractivity contribution in [3.05, 3.63) is 34.4 Å². The van der Waals surface area contributed by atoms with Gasteiger partial charge in [0.2, 0.25) is 0 Å². The maximum Gasteiger partial charge on any atom is 0.124 e. The first-order valence-electron chi connectivity index (χ1n) is 6.10. The van der Waals surface area contributed by atoms with Crippen LogP contribution in [0.1, 0.15) is 30.0 Å². The predicted molar refractivity (Wildman–Crippen MR) is 70.6 cm³/mol. The molecule has 1 heterocycles. The maximum atomic E-state index is 6.25. The van der Waals surface area contributed by atoms with Gasteiger partial charge in [-0.3, -0.25) is 4.90 Å². The molecule has 1 aromatic rings. The molecule has 1 aliphatic heterocycles. The van der Waals surface area contributed by atoms with Gasteiger partial charge < -0.3 is 4.74 Å².